The smallest absolute Gasteiger partial charge is 0.141 e. The highest BCUT2D eigenvalue weighted by Crippen LogP contribution is 2.28. The summed E-state index contributed by atoms with van der Waals surface area (Å²) in [6, 6.07) is 4.44. The molecule has 98 valence electrons. The number of amidine groups is 1. The SMILES string of the molecule is CC1CCC(N(C)c2ccc(C(=N)N)nc2)CC1. The average Bonchev–Trinajstić information content (AvgIpc) is 2.39. The van der Waals surface area contributed by atoms with Crippen LogP contribution in [0.1, 0.15) is 38.3 Å². The topological polar surface area (TPSA) is 66.0 Å². The van der Waals surface area contributed by atoms with Crippen molar-refractivity contribution in [3.63, 3.8) is 0 Å². The molecule has 0 saturated heterocycles. The van der Waals surface area contributed by atoms with Crippen LogP contribution in [-0.2, 0) is 0 Å². The number of anilines is 1. The van der Waals surface area contributed by atoms with Crippen molar-refractivity contribution < 1.29 is 0 Å². The van der Waals surface area contributed by atoms with Crippen molar-refractivity contribution in [2.24, 2.45) is 11.7 Å². The predicted molar refractivity (Wildman–Crippen MR) is 75.1 cm³/mol. The molecule has 0 spiro atoms. The number of hydrogen-bond acceptors (Lipinski definition) is 3. The number of nitrogens with one attached hydrogen (secondary N) is 1. The van der Waals surface area contributed by atoms with E-state index in [1.165, 1.54) is 25.7 Å². The van der Waals surface area contributed by atoms with Crippen LogP contribution in [0.4, 0.5) is 5.69 Å². The molecule has 0 amide bonds. The van der Waals surface area contributed by atoms with E-state index in [4.69, 9.17) is 11.1 Å². The lowest BCUT2D eigenvalue weighted by molar-refractivity contribution is 0.340. The van der Waals surface area contributed by atoms with Crippen molar-refractivity contribution in [2.75, 3.05) is 11.9 Å². The first-order valence-corrected chi connectivity index (χ1v) is 6.61. The van der Waals surface area contributed by atoms with Gasteiger partial charge in [-0.3, -0.25) is 10.4 Å². The van der Waals surface area contributed by atoms with Gasteiger partial charge in [-0.25, -0.2) is 0 Å². The Bertz CT molecular complexity index is 404. The van der Waals surface area contributed by atoms with E-state index in [0.717, 1.165) is 11.6 Å². The highest BCUT2D eigenvalue weighted by Gasteiger charge is 2.22. The van der Waals surface area contributed by atoms with E-state index < -0.39 is 0 Å². The molecule has 1 aromatic heterocycles. The lowest BCUT2D eigenvalue weighted by Gasteiger charge is -2.34. The summed E-state index contributed by atoms with van der Waals surface area (Å²) in [5.74, 6) is 0.892. The van der Waals surface area contributed by atoms with Gasteiger partial charge >= 0.3 is 0 Å². The van der Waals surface area contributed by atoms with E-state index in [-0.39, 0.29) is 5.84 Å². The van der Waals surface area contributed by atoms with Crippen molar-refractivity contribution >= 4 is 11.5 Å². The molecule has 1 aromatic rings. The molecule has 1 heterocycles. The summed E-state index contributed by atoms with van der Waals surface area (Å²) in [7, 11) is 2.13. The number of aromatic nitrogens is 1. The third-order valence-corrected chi connectivity index (χ3v) is 3.96. The van der Waals surface area contributed by atoms with E-state index in [9.17, 15) is 0 Å². The van der Waals surface area contributed by atoms with Crippen LogP contribution in [-0.4, -0.2) is 23.9 Å². The summed E-state index contributed by atoms with van der Waals surface area (Å²) < 4.78 is 0. The molecule has 4 nitrogen and oxygen atoms in total. The summed E-state index contributed by atoms with van der Waals surface area (Å²) in [6.07, 6.45) is 6.95. The van der Waals surface area contributed by atoms with E-state index >= 15 is 0 Å². The minimum atomic E-state index is 0.0238. The molecule has 1 aliphatic rings. The molecule has 0 radical (unpaired) electrons. The molecular formula is C14H22N4. The summed E-state index contributed by atoms with van der Waals surface area (Å²) in [5.41, 5.74) is 7.06. The van der Waals surface area contributed by atoms with Gasteiger partial charge in [0.1, 0.15) is 11.5 Å². The molecule has 1 saturated carbocycles. The van der Waals surface area contributed by atoms with Crippen LogP contribution in [0.3, 0.4) is 0 Å². The number of nitrogens with two attached hydrogens (primary N) is 1. The zero-order valence-corrected chi connectivity index (χ0v) is 11.2. The molecule has 0 aromatic carbocycles. The van der Waals surface area contributed by atoms with Gasteiger partial charge in [0, 0.05) is 13.1 Å². The third kappa shape index (κ3) is 2.81. The Morgan fingerprint density at radius 1 is 1.33 bits per heavy atom. The van der Waals surface area contributed by atoms with E-state index in [2.05, 4.69) is 23.9 Å². The monoisotopic (exact) mass is 246 g/mol. The number of pyridine rings is 1. The normalized spacial score (nSPS) is 23.7. The summed E-state index contributed by atoms with van der Waals surface area (Å²) in [4.78, 5) is 6.53. The van der Waals surface area contributed by atoms with Crippen LogP contribution in [0.15, 0.2) is 18.3 Å². The molecule has 1 aliphatic carbocycles. The second-order valence-corrected chi connectivity index (χ2v) is 5.34. The van der Waals surface area contributed by atoms with Crippen LogP contribution in [0.25, 0.3) is 0 Å². The minimum Gasteiger partial charge on any atom is -0.382 e. The van der Waals surface area contributed by atoms with Crippen LogP contribution in [0.5, 0.6) is 0 Å². The maximum atomic E-state index is 7.33. The fourth-order valence-electron chi connectivity index (χ4n) is 2.59. The molecule has 0 aliphatic heterocycles. The maximum Gasteiger partial charge on any atom is 0.141 e. The Labute approximate surface area is 109 Å². The van der Waals surface area contributed by atoms with Gasteiger partial charge in [0.15, 0.2) is 0 Å². The Hall–Kier alpha value is -1.58. The Kier molecular flexibility index (Phi) is 3.84. The van der Waals surface area contributed by atoms with Gasteiger partial charge < -0.3 is 10.6 Å². The Balaban J connectivity index is 2.04. The van der Waals surface area contributed by atoms with Crippen LogP contribution < -0.4 is 10.6 Å². The summed E-state index contributed by atoms with van der Waals surface area (Å²) in [6.45, 7) is 2.33. The molecule has 18 heavy (non-hydrogen) atoms. The maximum absolute atomic E-state index is 7.33. The van der Waals surface area contributed by atoms with Gasteiger partial charge in [-0.1, -0.05) is 6.92 Å². The van der Waals surface area contributed by atoms with Gasteiger partial charge in [0.05, 0.1) is 11.9 Å². The first-order chi connectivity index (χ1) is 8.58. The van der Waals surface area contributed by atoms with Gasteiger partial charge in [-0.15, -0.1) is 0 Å². The van der Waals surface area contributed by atoms with Crippen molar-refractivity contribution in [1.82, 2.24) is 4.98 Å². The highest BCUT2D eigenvalue weighted by molar-refractivity contribution is 5.93. The van der Waals surface area contributed by atoms with Crippen molar-refractivity contribution in [1.29, 1.82) is 5.41 Å². The molecular weight excluding hydrogens is 224 g/mol. The predicted octanol–water partition coefficient (Wildman–Crippen LogP) is 2.38. The molecule has 0 atom stereocenters. The van der Waals surface area contributed by atoms with Crippen LogP contribution >= 0.6 is 0 Å². The number of rotatable bonds is 3. The van der Waals surface area contributed by atoms with Gasteiger partial charge in [-0.2, -0.15) is 0 Å². The zero-order valence-electron chi connectivity index (χ0n) is 11.2. The first kappa shape index (κ1) is 12.9. The fourth-order valence-corrected chi connectivity index (χ4v) is 2.59. The first-order valence-electron chi connectivity index (χ1n) is 6.61. The number of nitrogens with zero attached hydrogens (tertiary/aromatic N) is 2. The largest absolute Gasteiger partial charge is 0.382 e. The van der Waals surface area contributed by atoms with Crippen molar-refractivity contribution in [3.8, 4) is 0 Å². The minimum absolute atomic E-state index is 0.0238. The lowest BCUT2D eigenvalue weighted by atomic mass is 9.86. The molecule has 2 rings (SSSR count). The fraction of sp³-hybridized carbons (Fsp3) is 0.571. The van der Waals surface area contributed by atoms with Crippen LogP contribution in [0.2, 0.25) is 0 Å². The third-order valence-electron chi connectivity index (χ3n) is 3.96. The van der Waals surface area contributed by atoms with Crippen molar-refractivity contribution in [3.05, 3.63) is 24.0 Å². The van der Waals surface area contributed by atoms with Gasteiger partial charge in [0.2, 0.25) is 0 Å². The Morgan fingerprint density at radius 3 is 2.50 bits per heavy atom. The highest BCUT2D eigenvalue weighted by atomic mass is 15.1. The average molecular weight is 246 g/mol. The molecule has 0 bridgehead atoms. The van der Waals surface area contributed by atoms with Gasteiger partial charge in [-0.05, 0) is 43.7 Å². The standard InChI is InChI=1S/C14H22N4/c1-10-3-5-11(6-4-10)18(2)12-7-8-13(14(15)16)17-9-12/h7-11H,3-6H2,1-2H3,(H3,15,16). The van der Waals surface area contributed by atoms with Crippen LogP contribution in [0, 0.1) is 11.3 Å². The van der Waals surface area contributed by atoms with E-state index in [0.29, 0.717) is 11.7 Å². The molecule has 0 unspecified atom stereocenters. The second kappa shape index (κ2) is 5.38. The summed E-state index contributed by atoms with van der Waals surface area (Å²) >= 11 is 0. The quantitative estimate of drug-likeness (QED) is 0.635. The zero-order chi connectivity index (χ0) is 13.1. The molecule has 4 heteroatoms. The molecule has 3 N–H and O–H groups in total. The number of hydrogen-bond donors (Lipinski definition) is 2. The van der Waals surface area contributed by atoms with Gasteiger partial charge in [0.25, 0.3) is 0 Å². The van der Waals surface area contributed by atoms with Crippen molar-refractivity contribution in [2.45, 2.75) is 38.6 Å². The van der Waals surface area contributed by atoms with E-state index in [1.807, 2.05) is 18.3 Å². The second-order valence-electron chi connectivity index (χ2n) is 5.34. The Morgan fingerprint density at radius 2 is 2.00 bits per heavy atom. The summed E-state index contributed by atoms with van der Waals surface area (Å²) in [5, 5.41) is 7.33. The molecule has 1 fully saturated rings. The number of nitrogen functional groups attached to an aromatic ring is 1. The lowest BCUT2D eigenvalue weighted by Crippen LogP contribution is -2.34. The van der Waals surface area contributed by atoms with E-state index in [1.54, 1.807) is 0 Å².